The van der Waals surface area contributed by atoms with E-state index in [0.717, 1.165) is 10.5 Å². The predicted molar refractivity (Wildman–Crippen MR) is 80.1 cm³/mol. The molecule has 0 spiro atoms. The quantitative estimate of drug-likeness (QED) is 0.858. The lowest BCUT2D eigenvalue weighted by Crippen LogP contribution is -2.46. The maximum Gasteiger partial charge on any atom is 0.154 e. The third kappa shape index (κ3) is 3.26. The number of benzene rings is 2. The zero-order chi connectivity index (χ0) is 14.6. The first kappa shape index (κ1) is 14.8. The van der Waals surface area contributed by atoms with Crippen molar-refractivity contribution in [1.29, 1.82) is 0 Å². The number of nitrogens with two attached hydrogens (primary N) is 1. The molecule has 0 unspecified atom stereocenters. The summed E-state index contributed by atoms with van der Waals surface area (Å²) in [4.78, 5) is 12.8. The average molecular weight is 289 g/mol. The van der Waals surface area contributed by atoms with E-state index < -0.39 is 5.54 Å². The Morgan fingerprint density at radius 1 is 1.15 bits per heavy atom. The molecule has 2 aromatic rings. The number of hydrogen-bond donors (Lipinski definition) is 1. The van der Waals surface area contributed by atoms with Gasteiger partial charge >= 0.3 is 0 Å². The van der Waals surface area contributed by atoms with Gasteiger partial charge in [0.2, 0.25) is 0 Å². The first-order valence-electron chi connectivity index (χ1n) is 6.26. The van der Waals surface area contributed by atoms with Crippen molar-refractivity contribution in [3.05, 3.63) is 66.0 Å². The van der Waals surface area contributed by atoms with Crippen molar-refractivity contribution in [1.82, 2.24) is 0 Å². The number of ketones is 1. The maximum absolute atomic E-state index is 12.9. The van der Waals surface area contributed by atoms with E-state index in [0.29, 0.717) is 5.75 Å². The van der Waals surface area contributed by atoms with Gasteiger partial charge in [-0.2, -0.15) is 0 Å². The molecule has 0 saturated carbocycles. The smallest absolute Gasteiger partial charge is 0.154 e. The Morgan fingerprint density at radius 2 is 1.75 bits per heavy atom. The Morgan fingerprint density at radius 3 is 2.30 bits per heavy atom. The summed E-state index contributed by atoms with van der Waals surface area (Å²) >= 11 is 1.45. The Balaban J connectivity index is 2.18. The monoisotopic (exact) mass is 289 g/mol. The molecule has 0 aromatic heterocycles. The number of hydrogen-bond acceptors (Lipinski definition) is 3. The summed E-state index contributed by atoms with van der Waals surface area (Å²) < 4.78 is 12.9. The summed E-state index contributed by atoms with van der Waals surface area (Å²) in [5.41, 5.74) is 6.06. The van der Waals surface area contributed by atoms with Crippen LogP contribution in [0.4, 0.5) is 4.39 Å². The molecule has 2 aromatic carbocycles. The molecule has 2 nitrogen and oxygen atoms in total. The van der Waals surface area contributed by atoms with Crippen molar-refractivity contribution in [2.24, 2.45) is 5.73 Å². The van der Waals surface area contributed by atoms with Crippen LogP contribution in [-0.2, 0) is 10.3 Å². The summed E-state index contributed by atoms with van der Waals surface area (Å²) in [7, 11) is 0. The molecule has 2 rings (SSSR count). The van der Waals surface area contributed by atoms with Crippen LogP contribution in [-0.4, -0.2) is 11.5 Å². The van der Waals surface area contributed by atoms with E-state index in [1.54, 1.807) is 12.1 Å². The van der Waals surface area contributed by atoms with Gasteiger partial charge in [0.15, 0.2) is 5.78 Å². The van der Waals surface area contributed by atoms with Crippen LogP contribution in [0.3, 0.4) is 0 Å². The molecule has 0 aliphatic rings. The molecule has 4 heteroatoms. The van der Waals surface area contributed by atoms with Gasteiger partial charge in [-0.3, -0.25) is 4.79 Å². The predicted octanol–water partition coefficient (Wildman–Crippen LogP) is 3.36. The van der Waals surface area contributed by atoms with Crippen LogP contribution in [0, 0.1) is 5.82 Å². The zero-order valence-electron chi connectivity index (χ0n) is 11.2. The molecule has 0 heterocycles. The summed E-state index contributed by atoms with van der Waals surface area (Å²) in [5, 5.41) is 0. The molecule has 0 bridgehead atoms. The fourth-order valence-corrected chi connectivity index (χ4v) is 2.94. The zero-order valence-corrected chi connectivity index (χ0v) is 12.0. The number of thioether (sulfide) groups is 1. The molecule has 0 aliphatic heterocycles. The van der Waals surface area contributed by atoms with Crippen LogP contribution in [0.2, 0.25) is 0 Å². The highest BCUT2D eigenvalue weighted by atomic mass is 32.2. The summed E-state index contributed by atoms with van der Waals surface area (Å²) in [5.74, 6) is 0.0548. The largest absolute Gasteiger partial charge is 0.315 e. The molecule has 0 radical (unpaired) electrons. The van der Waals surface area contributed by atoms with Gasteiger partial charge in [0.25, 0.3) is 0 Å². The van der Waals surface area contributed by atoms with Gasteiger partial charge < -0.3 is 5.73 Å². The minimum atomic E-state index is -1.03. The summed E-state index contributed by atoms with van der Waals surface area (Å²) in [6, 6.07) is 15.5. The third-order valence-electron chi connectivity index (χ3n) is 3.20. The number of Topliss-reactive ketones (excluding diaryl/α,β-unsaturated/α-hetero) is 1. The average Bonchev–Trinajstić information content (AvgIpc) is 2.47. The van der Waals surface area contributed by atoms with Crippen LogP contribution < -0.4 is 5.73 Å². The fourth-order valence-electron chi connectivity index (χ4n) is 1.85. The second kappa shape index (κ2) is 6.20. The Hall–Kier alpha value is -1.65. The van der Waals surface area contributed by atoms with Crippen LogP contribution in [0.25, 0.3) is 0 Å². The molecular weight excluding hydrogens is 273 g/mol. The van der Waals surface area contributed by atoms with Crippen LogP contribution in [0.5, 0.6) is 0 Å². The molecule has 0 aliphatic carbocycles. The lowest BCUT2D eigenvalue weighted by Gasteiger charge is -2.26. The SMILES string of the molecule is CC(=O)[C@@](N)(CSc1ccc(F)cc1)c1ccccc1. The second-order valence-corrected chi connectivity index (χ2v) is 5.68. The van der Waals surface area contributed by atoms with E-state index in [4.69, 9.17) is 5.73 Å². The third-order valence-corrected chi connectivity index (χ3v) is 4.40. The van der Waals surface area contributed by atoms with E-state index >= 15 is 0 Å². The first-order chi connectivity index (χ1) is 9.52. The highest BCUT2D eigenvalue weighted by molar-refractivity contribution is 7.99. The lowest BCUT2D eigenvalue weighted by molar-refractivity contribution is -0.121. The van der Waals surface area contributed by atoms with Gasteiger partial charge in [-0.1, -0.05) is 30.3 Å². The van der Waals surface area contributed by atoms with Crippen LogP contribution in [0.1, 0.15) is 12.5 Å². The van der Waals surface area contributed by atoms with Gasteiger partial charge in [-0.05, 0) is 36.8 Å². The molecule has 1 atom stereocenters. The minimum Gasteiger partial charge on any atom is -0.315 e. The van der Waals surface area contributed by atoms with Crippen molar-refractivity contribution in [3.63, 3.8) is 0 Å². The number of carbonyl (C=O) groups excluding carboxylic acids is 1. The molecule has 20 heavy (non-hydrogen) atoms. The van der Waals surface area contributed by atoms with Gasteiger partial charge in [0, 0.05) is 10.6 Å². The minimum absolute atomic E-state index is 0.0849. The summed E-state index contributed by atoms with van der Waals surface area (Å²) in [6.07, 6.45) is 0. The maximum atomic E-state index is 12.9. The lowest BCUT2D eigenvalue weighted by atomic mass is 9.89. The summed E-state index contributed by atoms with van der Waals surface area (Å²) in [6.45, 7) is 1.50. The molecule has 0 fully saturated rings. The topological polar surface area (TPSA) is 43.1 Å². The van der Waals surface area contributed by atoms with Gasteiger partial charge in [0.05, 0.1) is 0 Å². The van der Waals surface area contributed by atoms with Crippen molar-refractivity contribution in [3.8, 4) is 0 Å². The van der Waals surface area contributed by atoms with Crippen LogP contribution >= 0.6 is 11.8 Å². The first-order valence-corrected chi connectivity index (χ1v) is 7.25. The molecule has 2 N–H and O–H groups in total. The second-order valence-electron chi connectivity index (χ2n) is 4.64. The highest BCUT2D eigenvalue weighted by Gasteiger charge is 2.32. The number of halogens is 1. The van der Waals surface area contributed by atoms with Crippen molar-refractivity contribution >= 4 is 17.5 Å². The van der Waals surface area contributed by atoms with Crippen molar-refractivity contribution in [2.75, 3.05) is 5.75 Å². The van der Waals surface area contributed by atoms with Crippen LogP contribution in [0.15, 0.2) is 59.5 Å². The molecule has 0 amide bonds. The Kier molecular flexibility index (Phi) is 4.57. The van der Waals surface area contributed by atoms with Crippen molar-refractivity contribution in [2.45, 2.75) is 17.4 Å². The number of carbonyl (C=O) groups is 1. The van der Waals surface area contributed by atoms with Gasteiger partial charge in [0.1, 0.15) is 11.4 Å². The van der Waals surface area contributed by atoms with Gasteiger partial charge in [-0.25, -0.2) is 4.39 Å². The van der Waals surface area contributed by atoms with E-state index in [9.17, 15) is 9.18 Å². The number of rotatable bonds is 5. The van der Waals surface area contributed by atoms with E-state index in [1.807, 2.05) is 30.3 Å². The Bertz CT molecular complexity index is 585. The normalized spacial score (nSPS) is 13.8. The molecule has 104 valence electrons. The standard InChI is InChI=1S/C16H16FNOS/c1-12(19)16(18,13-5-3-2-4-6-13)11-20-15-9-7-14(17)8-10-15/h2-10H,11,18H2,1H3/t16-/m0/s1. The Labute approximate surface area is 122 Å². The molecule has 0 saturated heterocycles. The van der Waals surface area contributed by atoms with Crippen molar-refractivity contribution < 1.29 is 9.18 Å². The van der Waals surface area contributed by atoms with Gasteiger partial charge in [-0.15, -0.1) is 11.8 Å². The van der Waals surface area contributed by atoms with E-state index in [2.05, 4.69) is 0 Å². The molecular formula is C16H16FNOS. The van der Waals surface area contributed by atoms with E-state index in [-0.39, 0.29) is 11.6 Å². The highest BCUT2D eigenvalue weighted by Crippen LogP contribution is 2.28. The van der Waals surface area contributed by atoms with E-state index in [1.165, 1.54) is 30.8 Å². The fraction of sp³-hybridized carbons (Fsp3) is 0.188.